The van der Waals surface area contributed by atoms with Gasteiger partial charge in [-0.25, -0.2) is 0 Å². The van der Waals surface area contributed by atoms with Crippen LogP contribution in [0.25, 0.3) is 0 Å². The molecule has 2 rings (SSSR count). The molecule has 0 aliphatic heterocycles. The first kappa shape index (κ1) is 16.1. The lowest BCUT2D eigenvalue weighted by molar-refractivity contribution is -0.389. The summed E-state index contributed by atoms with van der Waals surface area (Å²) in [6, 6.07) is 0.438. The Morgan fingerprint density at radius 2 is 2.13 bits per heavy atom. The molecule has 0 fully saturated rings. The molecule has 2 aromatic heterocycles. The molecule has 0 bridgehead atoms. The maximum atomic E-state index is 12.3. The summed E-state index contributed by atoms with van der Waals surface area (Å²) in [6.07, 6.45) is 1.29. The number of amides is 2. The number of rotatable bonds is 5. The summed E-state index contributed by atoms with van der Waals surface area (Å²) in [5.74, 6) is -1.60. The van der Waals surface area contributed by atoms with Gasteiger partial charge in [0.1, 0.15) is 11.7 Å². The van der Waals surface area contributed by atoms with Crippen LogP contribution in [0.1, 0.15) is 29.1 Å². The predicted octanol–water partition coefficient (Wildman–Crippen LogP) is 0.132. The highest BCUT2D eigenvalue weighted by molar-refractivity contribution is 6.02. The third-order valence-corrected chi connectivity index (χ3v) is 3.27. The number of anilines is 1. The molecule has 2 heterocycles. The Bertz CT molecular complexity index is 791. The van der Waals surface area contributed by atoms with E-state index in [4.69, 9.17) is 5.73 Å². The molecule has 0 saturated carbocycles. The van der Waals surface area contributed by atoms with Gasteiger partial charge in [-0.2, -0.15) is 9.78 Å². The molecule has 0 aromatic carbocycles. The van der Waals surface area contributed by atoms with Crippen molar-refractivity contribution in [3.8, 4) is 0 Å². The van der Waals surface area contributed by atoms with Crippen molar-refractivity contribution in [1.82, 2.24) is 19.6 Å². The average Bonchev–Trinajstić information content (AvgIpc) is 3.01. The molecule has 23 heavy (non-hydrogen) atoms. The van der Waals surface area contributed by atoms with E-state index in [0.717, 1.165) is 0 Å². The van der Waals surface area contributed by atoms with Crippen molar-refractivity contribution in [2.75, 3.05) is 5.32 Å². The normalized spacial score (nSPS) is 12.0. The van der Waals surface area contributed by atoms with Gasteiger partial charge in [-0.3, -0.25) is 14.3 Å². The highest BCUT2D eigenvalue weighted by atomic mass is 16.6. The minimum absolute atomic E-state index is 0.0497. The highest BCUT2D eigenvalue weighted by Crippen LogP contribution is 2.19. The van der Waals surface area contributed by atoms with Crippen LogP contribution in [-0.2, 0) is 11.8 Å². The first-order valence-corrected chi connectivity index (χ1v) is 6.55. The van der Waals surface area contributed by atoms with Crippen LogP contribution in [0.2, 0.25) is 0 Å². The number of carbonyl (C=O) groups is 2. The molecule has 2 amide bonds. The molecule has 0 saturated heterocycles. The summed E-state index contributed by atoms with van der Waals surface area (Å²) in [7, 11) is 1.51. The third kappa shape index (κ3) is 3.02. The van der Waals surface area contributed by atoms with Crippen LogP contribution >= 0.6 is 0 Å². The molecule has 0 aliphatic rings. The van der Waals surface area contributed by atoms with Gasteiger partial charge in [0.2, 0.25) is 0 Å². The van der Waals surface area contributed by atoms with Crippen molar-refractivity contribution < 1.29 is 14.5 Å². The molecular formula is C12H15N7O4. The van der Waals surface area contributed by atoms with E-state index in [-0.39, 0.29) is 17.2 Å². The zero-order valence-corrected chi connectivity index (χ0v) is 12.7. The van der Waals surface area contributed by atoms with E-state index in [9.17, 15) is 19.7 Å². The fourth-order valence-electron chi connectivity index (χ4n) is 2.12. The quantitative estimate of drug-likeness (QED) is 0.590. The van der Waals surface area contributed by atoms with Crippen LogP contribution in [0.4, 0.5) is 11.5 Å². The van der Waals surface area contributed by atoms with E-state index in [1.165, 1.54) is 35.6 Å². The number of nitrogens with one attached hydrogen (secondary N) is 1. The molecule has 0 radical (unpaired) electrons. The van der Waals surface area contributed by atoms with Crippen LogP contribution < -0.4 is 11.1 Å². The number of hydrogen-bond acceptors (Lipinski definition) is 6. The number of primary amides is 1. The number of hydrogen-bond donors (Lipinski definition) is 2. The molecular weight excluding hydrogens is 306 g/mol. The minimum Gasteiger partial charge on any atom is -0.364 e. The van der Waals surface area contributed by atoms with Gasteiger partial charge in [-0.1, -0.05) is 0 Å². The smallest absolute Gasteiger partial charge is 0.364 e. The van der Waals surface area contributed by atoms with Crippen molar-refractivity contribution in [3.63, 3.8) is 0 Å². The Hall–Kier alpha value is -3.24. The zero-order chi connectivity index (χ0) is 17.3. The largest absolute Gasteiger partial charge is 0.390 e. The first-order chi connectivity index (χ1) is 10.7. The van der Waals surface area contributed by atoms with Crippen molar-refractivity contribution in [1.29, 1.82) is 0 Å². The highest BCUT2D eigenvalue weighted by Gasteiger charge is 2.26. The lowest BCUT2D eigenvalue weighted by Crippen LogP contribution is -2.27. The predicted molar refractivity (Wildman–Crippen MR) is 78.7 cm³/mol. The van der Waals surface area contributed by atoms with Crippen LogP contribution in [0.15, 0.2) is 12.3 Å². The lowest BCUT2D eigenvalue weighted by Gasteiger charge is -2.11. The van der Waals surface area contributed by atoms with Crippen LogP contribution in [-0.4, -0.2) is 36.3 Å². The standard InChI is InChI=1S/C12H15N7O4/c1-6-4-9(19(22)23)16-18(6)7(2)12(21)15-8-5-14-17(3)10(8)11(13)20/h4-5,7H,1-3H3,(H2,13,20)(H,15,21). The molecule has 11 heteroatoms. The van der Waals surface area contributed by atoms with Gasteiger partial charge in [0, 0.05) is 7.05 Å². The van der Waals surface area contributed by atoms with E-state index in [0.29, 0.717) is 5.69 Å². The molecule has 1 atom stereocenters. The van der Waals surface area contributed by atoms with Crippen molar-refractivity contribution in [3.05, 3.63) is 33.8 Å². The van der Waals surface area contributed by atoms with Crippen LogP contribution in [0.5, 0.6) is 0 Å². The zero-order valence-electron chi connectivity index (χ0n) is 12.7. The molecule has 0 aliphatic carbocycles. The molecule has 1 unspecified atom stereocenters. The fraction of sp³-hybridized carbons (Fsp3) is 0.333. The molecule has 0 spiro atoms. The monoisotopic (exact) mass is 321 g/mol. The number of carbonyl (C=O) groups excluding carboxylic acids is 2. The lowest BCUT2D eigenvalue weighted by atomic mass is 10.2. The summed E-state index contributed by atoms with van der Waals surface area (Å²) in [6.45, 7) is 3.13. The van der Waals surface area contributed by atoms with E-state index in [1.807, 2.05) is 0 Å². The van der Waals surface area contributed by atoms with Crippen molar-refractivity contribution in [2.24, 2.45) is 12.8 Å². The molecule has 2 aromatic rings. The summed E-state index contributed by atoms with van der Waals surface area (Å²) in [5.41, 5.74) is 5.91. The number of aryl methyl sites for hydroxylation is 2. The average molecular weight is 321 g/mol. The van der Waals surface area contributed by atoms with Crippen LogP contribution in [0.3, 0.4) is 0 Å². The van der Waals surface area contributed by atoms with E-state index in [2.05, 4.69) is 15.5 Å². The SMILES string of the molecule is Cc1cc([N+](=O)[O-])nn1C(C)C(=O)Nc1cnn(C)c1C(N)=O. The van der Waals surface area contributed by atoms with Crippen molar-refractivity contribution >= 4 is 23.3 Å². The minimum atomic E-state index is -0.829. The number of aromatic nitrogens is 4. The molecule has 3 N–H and O–H groups in total. The summed E-state index contributed by atoms with van der Waals surface area (Å²) >= 11 is 0. The van der Waals surface area contributed by atoms with Crippen LogP contribution in [0, 0.1) is 17.0 Å². The molecule has 11 nitrogen and oxygen atoms in total. The Balaban J connectivity index is 2.24. The maximum absolute atomic E-state index is 12.3. The van der Waals surface area contributed by atoms with Gasteiger partial charge in [0.25, 0.3) is 11.8 Å². The van der Waals surface area contributed by atoms with Gasteiger partial charge in [0.05, 0.1) is 28.7 Å². The van der Waals surface area contributed by atoms with E-state index < -0.39 is 22.8 Å². The molecule has 122 valence electrons. The Morgan fingerprint density at radius 3 is 2.65 bits per heavy atom. The third-order valence-electron chi connectivity index (χ3n) is 3.27. The second-order valence-corrected chi connectivity index (χ2v) is 4.91. The summed E-state index contributed by atoms with van der Waals surface area (Å²) in [5, 5.41) is 20.9. The topological polar surface area (TPSA) is 151 Å². The number of nitrogens with zero attached hydrogens (tertiary/aromatic N) is 5. The second-order valence-electron chi connectivity index (χ2n) is 4.91. The number of nitro groups is 1. The van der Waals surface area contributed by atoms with Gasteiger partial charge >= 0.3 is 5.82 Å². The van der Waals surface area contributed by atoms with Gasteiger partial charge in [0.15, 0.2) is 0 Å². The summed E-state index contributed by atoms with van der Waals surface area (Å²) in [4.78, 5) is 33.8. The second kappa shape index (κ2) is 5.87. The Morgan fingerprint density at radius 1 is 1.48 bits per heavy atom. The summed E-state index contributed by atoms with van der Waals surface area (Å²) < 4.78 is 2.47. The maximum Gasteiger partial charge on any atom is 0.390 e. The Kier molecular flexibility index (Phi) is 4.12. The van der Waals surface area contributed by atoms with E-state index in [1.54, 1.807) is 6.92 Å². The van der Waals surface area contributed by atoms with Gasteiger partial charge in [-0.15, -0.1) is 0 Å². The number of nitrogens with two attached hydrogens (primary N) is 1. The van der Waals surface area contributed by atoms with Gasteiger partial charge in [-0.05, 0) is 18.8 Å². The van der Waals surface area contributed by atoms with Gasteiger partial charge < -0.3 is 21.2 Å². The fourth-order valence-corrected chi connectivity index (χ4v) is 2.12. The Labute approximate surface area is 130 Å². The van der Waals surface area contributed by atoms with Crippen molar-refractivity contribution in [2.45, 2.75) is 19.9 Å². The van der Waals surface area contributed by atoms with E-state index >= 15 is 0 Å². The first-order valence-electron chi connectivity index (χ1n) is 6.55.